The topological polar surface area (TPSA) is 183 Å². The molecule has 1 aliphatic carbocycles. The SMILES string of the molecule is Cc1cc(NC(=O)CCCCN)cc(C)c1OCC(=O)N[C@@H](Cc1ccccc1)[C@H](O)C(=O)N1CSC(C)(C)[C@H]1C(=O)N[C@H]1c2ccccc2C[C@H]1O. The molecule has 12 nitrogen and oxygen atoms in total. The molecule has 0 bridgehead atoms. The predicted octanol–water partition coefficient (Wildman–Crippen LogP) is 3.29. The summed E-state index contributed by atoms with van der Waals surface area (Å²) in [6, 6.07) is 17.7. The van der Waals surface area contributed by atoms with Gasteiger partial charge in [0, 0.05) is 23.3 Å². The van der Waals surface area contributed by atoms with Crippen molar-refractivity contribution >= 4 is 41.1 Å². The van der Waals surface area contributed by atoms with Gasteiger partial charge in [0.2, 0.25) is 11.8 Å². The summed E-state index contributed by atoms with van der Waals surface area (Å²) in [7, 11) is 0. The minimum absolute atomic E-state index is 0.107. The van der Waals surface area contributed by atoms with E-state index in [1.54, 1.807) is 12.1 Å². The molecule has 4 amide bonds. The summed E-state index contributed by atoms with van der Waals surface area (Å²) in [4.78, 5) is 55.1. The summed E-state index contributed by atoms with van der Waals surface area (Å²) in [5, 5.41) is 31.1. The molecule has 0 spiro atoms. The molecule has 0 saturated carbocycles. The number of hydrogen-bond donors (Lipinski definition) is 6. The Bertz CT molecular complexity index is 1760. The van der Waals surface area contributed by atoms with Crippen LogP contribution in [0.3, 0.4) is 0 Å². The number of benzene rings is 3. The largest absolute Gasteiger partial charge is 0.483 e. The third-order valence-electron chi connectivity index (χ3n) is 9.81. The van der Waals surface area contributed by atoms with Crippen molar-refractivity contribution < 1.29 is 34.1 Å². The first-order valence-electron chi connectivity index (χ1n) is 18.0. The molecule has 53 heavy (non-hydrogen) atoms. The number of aliphatic hydroxyl groups excluding tert-OH is 2. The van der Waals surface area contributed by atoms with E-state index in [-0.39, 0.29) is 24.8 Å². The van der Waals surface area contributed by atoms with Crippen LogP contribution in [-0.4, -0.2) is 86.8 Å². The van der Waals surface area contributed by atoms with Gasteiger partial charge in [0.25, 0.3) is 11.8 Å². The molecule has 1 heterocycles. The van der Waals surface area contributed by atoms with Crippen LogP contribution in [0.15, 0.2) is 66.7 Å². The molecule has 0 aromatic heterocycles. The lowest BCUT2D eigenvalue weighted by molar-refractivity contribution is -0.148. The number of anilines is 1. The summed E-state index contributed by atoms with van der Waals surface area (Å²) in [5.74, 6) is -1.13. The van der Waals surface area contributed by atoms with Crippen LogP contribution in [0.25, 0.3) is 0 Å². The molecule has 13 heteroatoms. The Morgan fingerprint density at radius 2 is 1.68 bits per heavy atom. The normalized spacial score (nSPS) is 19.9. The molecule has 3 aromatic carbocycles. The molecule has 5 atom stereocenters. The molecule has 1 aliphatic heterocycles. The van der Waals surface area contributed by atoms with E-state index in [1.807, 2.05) is 82.3 Å². The van der Waals surface area contributed by atoms with Crippen LogP contribution in [0.5, 0.6) is 5.75 Å². The van der Waals surface area contributed by atoms with Gasteiger partial charge in [0.05, 0.1) is 24.1 Å². The quantitative estimate of drug-likeness (QED) is 0.127. The highest BCUT2D eigenvalue weighted by Crippen LogP contribution is 2.41. The molecule has 1 fully saturated rings. The van der Waals surface area contributed by atoms with Gasteiger partial charge < -0.3 is 41.5 Å². The molecule has 0 radical (unpaired) electrons. The zero-order valence-corrected chi connectivity index (χ0v) is 31.6. The number of fused-ring (bicyclic) bond motifs is 1. The number of aryl methyl sites for hydroxylation is 2. The summed E-state index contributed by atoms with van der Waals surface area (Å²) in [5.41, 5.74) is 10.2. The third kappa shape index (κ3) is 9.77. The number of amides is 4. The highest BCUT2D eigenvalue weighted by Gasteiger charge is 2.50. The fourth-order valence-electron chi connectivity index (χ4n) is 7.13. The summed E-state index contributed by atoms with van der Waals surface area (Å²) in [6.45, 7) is 7.52. The number of aliphatic hydroxyl groups is 2. The van der Waals surface area contributed by atoms with Crippen molar-refractivity contribution in [3.05, 3.63) is 94.5 Å². The number of rotatable bonds is 15. The first-order chi connectivity index (χ1) is 25.3. The Balaban J connectivity index is 1.27. The van der Waals surface area contributed by atoms with E-state index in [4.69, 9.17) is 10.5 Å². The van der Waals surface area contributed by atoms with Crippen molar-refractivity contribution in [2.24, 2.45) is 5.73 Å². The van der Waals surface area contributed by atoms with E-state index >= 15 is 0 Å². The van der Waals surface area contributed by atoms with Crippen molar-refractivity contribution in [1.29, 1.82) is 0 Å². The zero-order valence-electron chi connectivity index (χ0n) is 30.8. The number of thioether (sulfide) groups is 1. The van der Waals surface area contributed by atoms with E-state index < -0.39 is 52.8 Å². The molecule has 284 valence electrons. The summed E-state index contributed by atoms with van der Waals surface area (Å²) >= 11 is 1.42. The minimum atomic E-state index is -1.68. The maximum atomic E-state index is 14.1. The van der Waals surface area contributed by atoms with Crippen LogP contribution < -0.4 is 26.4 Å². The average molecular weight is 746 g/mol. The average Bonchev–Trinajstić information content (AvgIpc) is 3.61. The maximum absolute atomic E-state index is 14.1. The van der Waals surface area contributed by atoms with E-state index in [0.717, 1.165) is 34.2 Å². The number of carbonyl (C=O) groups excluding carboxylic acids is 4. The number of nitrogens with two attached hydrogens (primary N) is 1. The van der Waals surface area contributed by atoms with Crippen LogP contribution in [-0.2, 0) is 32.0 Å². The molecule has 0 unspecified atom stereocenters. The van der Waals surface area contributed by atoms with Crippen molar-refractivity contribution in [3.63, 3.8) is 0 Å². The van der Waals surface area contributed by atoms with Crippen LogP contribution in [0.1, 0.15) is 67.0 Å². The molecule has 3 aromatic rings. The number of unbranched alkanes of at least 4 members (excludes halogenated alkanes) is 1. The Labute approximate surface area is 315 Å². The number of nitrogens with zero attached hydrogens (tertiary/aromatic N) is 1. The van der Waals surface area contributed by atoms with Gasteiger partial charge in [-0.2, -0.15) is 0 Å². The Morgan fingerprint density at radius 3 is 2.38 bits per heavy atom. The second kappa shape index (κ2) is 17.6. The van der Waals surface area contributed by atoms with Gasteiger partial charge in [-0.3, -0.25) is 19.2 Å². The van der Waals surface area contributed by atoms with Crippen molar-refractivity contribution in [3.8, 4) is 5.75 Å². The van der Waals surface area contributed by atoms with Gasteiger partial charge in [0.1, 0.15) is 11.8 Å². The summed E-state index contributed by atoms with van der Waals surface area (Å²) < 4.78 is 5.24. The van der Waals surface area contributed by atoms with Gasteiger partial charge in [-0.25, -0.2) is 0 Å². The van der Waals surface area contributed by atoms with Gasteiger partial charge in [-0.15, -0.1) is 11.8 Å². The minimum Gasteiger partial charge on any atom is -0.483 e. The van der Waals surface area contributed by atoms with Crippen LogP contribution in [0.2, 0.25) is 0 Å². The van der Waals surface area contributed by atoms with Crippen LogP contribution in [0, 0.1) is 13.8 Å². The molecule has 1 saturated heterocycles. The zero-order chi connectivity index (χ0) is 38.3. The summed E-state index contributed by atoms with van der Waals surface area (Å²) in [6.07, 6.45) is -0.0933. The van der Waals surface area contributed by atoms with Gasteiger partial charge in [-0.1, -0.05) is 54.6 Å². The van der Waals surface area contributed by atoms with Gasteiger partial charge in [0.15, 0.2) is 12.7 Å². The highest BCUT2D eigenvalue weighted by atomic mass is 32.2. The lowest BCUT2D eigenvalue weighted by atomic mass is 9.96. The van der Waals surface area contributed by atoms with E-state index in [2.05, 4.69) is 16.0 Å². The monoisotopic (exact) mass is 745 g/mol. The van der Waals surface area contributed by atoms with Crippen molar-refractivity contribution in [1.82, 2.24) is 15.5 Å². The molecule has 5 rings (SSSR count). The molecular weight excluding hydrogens is 695 g/mol. The number of carbonyl (C=O) groups is 4. The Morgan fingerprint density at radius 1 is 1.00 bits per heavy atom. The van der Waals surface area contributed by atoms with E-state index in [1.165, 1.54) is 16.7 Å². The highest BCUT2D eigenvalue weighted by molar-refractivity contribution is 8.00. The maximum Gasteiger partial charge on any atom is 0.258 e. The number of ether oxygens (including phenoxy) is 1. The van der Waals surface area contributed by atoms with Gasteiger partial charge >= 0.3 is 0 Å². The second-order valence-corrected chi connectivity index (χ2v) is 16.0. The Kier molecular flexibility index (Phi) is 13.2. The predicted molar refractivity (Wildman–Crippen MR) is 205 cm³/mol. The smallest absolute Gasteiger partial charge is 0.258 e. The molecule has 2 aliphatic rings. The van der Waals surface area contributed by atoms with Crippen molar-refractivity contribution in [2.75, 3.05) is 24.3 Å². The van der Waals surface area contributed by atoms with Gasteiger partial charge in [-0.05, 0) is 93.5 Å². The Hall–Kier alpha value is -4.43. The second-order valence-electron chi connectivity index (χ2n) is 14.4. The lowest BCUT2D eigenvalue weighted by Gasteiger charge is -2.34. The first-order valence-corrected chi connectivity index (χ1v) is 19.0. The van der Waals surface area contributed by atoms with E-state index in [9.17, 15) is 29.4 Å². The van der Waals surface area contributed by atoms with Crippen molar-refractivity contribution in [2.45, 2.75) is 94.9 Å². The first kappa shape index (κ1) is 39.8. The van der Waals surface area contributed by atoms with E-state index in [0.29, 0.717) is 37.2 Å². The molecule has 7 N–H and O–H groups in total. The van der Waals surface area contributed by atoms with Crippen LogP contribution in [0.4, 0.5) is 5.69 Å². The number of hydrogen-bond acceptors (Lipinski definition) is 9. The fourth-order valence-corrected chi connectivity index (χ4v) is 8.27. The fraction of sp³-hybridized carbons (Fsp3) is 0.450. The molecular formula is C40H51N5O7S. The standard InChI is InChI=1S/C40H51N5O7S/c1-24-18-28(42-32(47)16-10-11-17-41)19-25(2)36(24)52-22-33(48)43-30(20-26-12-6-5-7-13-26)35(49)39(51)45-23-53-40(3,4)37(45)38(50)44-34-29-15-9-8-14-27(29)21-31(34)46/h5-9,12-15,18-19,30-31,34-35,37,46,49H,10-11,16-17,20-23,41H2,1-4H3,(H,42,47)(H,43,48)(H,44,50)/t30-,31+,34-,35-,37+/m0/s1. The lowest BCUT2D eigenvalue weighted by Crippen LogP contribution is -2.59. The number of nitrogens with one attached hydrogen (secondary N) is 3. The van der Waals surface area contributed by atoms with Crippen LogP contribution >= 0.6 is 11.8 Å². The third-order valence-corrected chi connectivity index (χ3v) is 11.2.